The van der Waals surface area contributed by atoms with Crippen LogP contribution in [0, 0.1) is 13.8 Å². The number of benzene rings is 3. The van der Waals surface area contributed by atoms with Gasteiger partial charge in [0, 0.05) is 11.4 Å². The molecule has 3 N–H and O–H groups in total. The second-order valence-corrected chi connectivity index (χ2v) is 9.62. The van der Waals surface area contributed by atoms with Crippen LogP contribution >= 0.6 is 12.2 Å². The lowest BCUT2D eigenvalue weighted by Crippen LogP contribution is -2.34. The van der Waals surface area contributed by atoms with Crippen LogP contribution in [0.15, 0.2) is 65.6 Å². The molecule has 0 atom stereocenters. The molecule has 0 spiro atoms. The maximum Gasteiger partial charge on any atom is 0.261 e. The van der Waals surface area contributed by atoms with E-state index < -0.39 is 15.9 Å². The van der Waals surface area contributed by atoms with Gasteiger partial charge in [-0.2, -0.15) is 0 Å². The minimum absolute atomic E-state index is 0.0405. The smallest absolute Gasteiger partial charge is 0.261 e. The summed E-state index contributed by atoms with van der Waals surface area (Å²) < 4.78 is 33.5. The summed E-state index contributed by atoms with van der Waals surface area (Å²) in [5, 5.41) is 5.48. The number of carbonyl (C=O) groups is 1. The van der Waals surface area contributed by atoms with E-state index in [9.17, 15) is 13.2 Å². The van der Waals surface area contributed by atoms with Gasteiger partial charge in [-0.25, -0.2) is 8.42 Å². The molecule has 0 aliphatic carbocycles. The number of ether oxygens (including phenoxy) is 1. The molecular weight excluding hydrogens is 469 g/mol. The second kappa shape index (κ2) is 10.7. The number of aryl methyl sites for hydroxylation is 2. The lowest BCUT2D eigenvalue weighted by atomic mass is 9.94. The fourth-order valence-corrected chi connectivity index (χ4v) is 4.34. The Bertz CT molecular complexity index is 1330. The summed E-state index contributed by atoms with van der Waals surface area (Å²) in [5.41, 5.74) is 3.73. The number of rotatable bonds is 7. The second-order valence-electron chi connectivity index (χ2n) is 7.53. The fourth-order valence-electron chi connectivity index (χ4n) is 3.08. The largest absolute Gasteiger partial charge is 0.493 e. The van der Waals surface area contributed by atoms with E-state index in [4.69, 9.17) is 24.8 Å². The number of hydrogen-bond donors (Lipinski definition) is 3. The van der Waals surface area contributed by atoms with Crippen molar-refractivity contribution in [2.75, 3.05) is 16.6 Å². The molecule has 2 radical (unpaired) electrons. The van der Waals surface area contributed by atoms with Crippen LogP contribution in [0.25, 0.3) is 0 Å². The van der Waals surface area contributed by atoms with Crippen LogP contribution in [-0.4, -0.2) is 33.9 Å². The number of anilines is 2. The third-order valence-electron chi connectivity index (χ3n) is 4.96. The number of carbonyl (C=O) groups excluding carboxylic acids is 1. The summed E-state index contributed by atoms with van der Waals surface area (Å²) in [7, 11) is 2.03. The topological polar surface area (TPSA) is 96.5 Å². The van der Waals surface area contributed by atoms with E-state index in [2.05, 4.69) is 15.4 Å². The van der Waals surface area contributed by atoms with Gasteiger partial charge in [0.2, 0.25) is 0 Å². The summed E-state index contributed by atoms with van der Waals surface area (Å²) in [4.78, 5) is 12.7. The van der Waals surface area contributed by atoms with Crippen molar-refractivity contribution < 1.29 is 17.9 Å². The molecule has 34 heavy (non-hydrogen) atoms. The molecule has 0 saturated heterocycles. The first kappa shape index (κ1) is 25.3. The standard InChI is InChI=1S/C24H24BN3O4S2/c1-4-32-22-12-6-17(25)14-21(22)23(29)27-24(33)26-18-8-10-20(11-9-18)34(30,31)28-19-7-5-15(2)16(3)13-19/h5-14,28H,4H2,1-3H3,(H2,26,27,29,33). The molecule has 3 aromatic rings. The maximum atomic E-state index is 12.7. The monoisotopic (exact) mass is 493 g/mol. The Morgan fingerprint density at radius 3 is 2.29 bits per heavy atom. The van der Waals surface area contributed by atoms with E-state index in [0.717, 1.165) is 11.1 Å². The van der Waals surface area contributed by atoms with Gasteiger partial charge >= 0.3 is 0 Å². The molecule has 0 fully saturated rings. The predicted octanol–water partition coefficient (Wildman–Crippen LogP) is 3.42. The summed E-state index contributed by atoms with van der Waals surface area (Å²) in [6.45, 7) is 6.07. The minimum Gasteiger partial charge on any atom is -0.493 e. The van der Waals surface area contributed by atoms with E-state index in [1.165, 1.54) is 18.2 Å². The molecule has 0 aliphatic rings. The Morgan fingerprint density at radius 1 is 0.971 bits per heavy atom. The molecule has 3 rings (SSSR count). The first-order valence-electron chi connectivity index (χ1n) is 10.4. The highest BCUT2D eigenvalue weighted by molar-refractivity contribution is 7.92. The van der Waals surface area contributed by atoms with Crippen LogP contribution in [0.5, 0.6) is 5.75 Å². The average Bonchev–Trinajstić information content (AvgIpc) is 2.77. The van der Waals surface area contributed by atoms with E-state index in [1.54, 1.807) is 36.4 Å². The predicted molar refractivity (Wildman–Crippen MR) is 140 cm³/mol. The van der Waals surface area contributed by atoms with Crippen molar-refractivity contribution in [2.45, 2.75) is 25.7 Å². The average molecular weight is 493 g/mol. The Hall–Kier alpha value is -3.37. The van der Waals surface area contributed by atoms with Crippen LogP contribution < -0.4 is 25.6 Å². The summed E-state index contributed by atoms with van der Waals surface area (Å²) in [5.74, 6) is -0.0899. The quantitative estimate of drug-likeness (QED) is 0.345. The molecule has 0 aromatic heterocycles. The molecule has 0 aliphatic heterocycles. The van der Waals surface area contributed by atoms with Gasteiger partial charge < -0.3 is 10.1 Å². The highest BCUT2D eigenvalue weighted by Crippen LogP contribution is 2.21. The highest BCUT2D eigenvalue weighted by atomic mass is 32.2. The number of hydrogen-bond acceptors (Lipinski definition) is 5. The van der Waals surface area contributed by atoms with E-state index >= 15 is 0 Å². The van der Waals surface area contributed by atoms with E-state index in [0.29, 0.717) is 29.2 Å². The molecule has 0 bridgehead atoms. The normalized spacial score (nSPS) is 10.9. The Labute approximate surface area is 206 Å². The highest BCUT2D eigenvalue weighted by Gasteiger charge is 2.16. The Morgan fingerprint density at radius 2 is 1.65 bits per heavy atom. The van der Waals surface area contributed by atoms with Crippen molar-refractivity contribution in [2.24, 2.45) is 0 Å². The van der Waals surface area contributed by atoms with Gasteiger partial charge in [-0.3, -0.25) is 14.8 Å². The van der Waals surface area contributed by atoms with Crippen molar-refractivity contribution >= 4 is 57.9 Å². The van der Waals surface area contributed by atoms with Crippen molar-refractivity contribution in [3.63, 3.8) is 0 Å². The number of sulfonamides is 1. The first-order chi connectivity index (χ1) is 16.1. The SMILES string of the molecule is [B]c1ccc(OCC)c(C(=O)NC(=S)Nc2ccc(S(=O)(=O)Nc3ccc(C)c(C)c3)cc2)c1. The summed E-state index contributed by atoms with van der Waals surface area (Å²) >= 11 is 5.22. The fraction of sp³-hybridized carbons (Fsp3) is 0.167. The van der Waals surface area contributed by atoms with Gasteiger partial charge in [0.15, 0.2) is 5.11 Å². The summed E-state index contributed by atoms with van der Waals surface area (Å²) in [6.07, 6.45) is 0. The van der Waals surface area contributed by atoms with Gasteiger partial charge in [-0.1, -0.05) is 23.7 Å². The third kappa shape index (κ3) is 6.36. The first-order valence-corrected chi connectivity index (χ1v) is 12.3. The molecule has 174 valence electrons. The van der Waals surface area contributed by atoms with Crippen LogP contribution in [0.4, 0.5) is 11.4 Å². The molecular formula is C24H24BN3O4S2. The Kier molecular flexibility index (Phi) is 7.96. The van der Waals surface area contributed by atoms with Crippen molar-refractivity contribution in [1.29, 1.82) is 0 Å². The van der Waals surface area contributed by atoms with Gasteiger partial charge in [0.25, 0.3) is 15.9 Å². The van der Waals surface area contributed by atoms with Crippen LogP contribution in [0.1, 0.15) is 28.4 Å². The number of amides is 1. The molecule has 0 saturated carbocycles. The van der Waals surface area contributed by atoms with Crippen LogP contribution in [-0.2, 0) is 10.0 Å². The van der Waals surface area contributed by atoms with E-state index in [1.807, 2.05) is 26.8 Å². The minimum atomic E-state index is -3.76. The maximum absolute atomic E-state index is 12.7. The van der Waals surface area contributed by atoms with E-state index in [-0.39, 0.29) is 15.6 Å². The lowest BCUT2D eigenvalue weighted by Gasteiger charge is -2.14. The van der Waals surface area contributed by atoms with Gasteiger partial charge in [0.05, 0.1) is 17.1 Å². The molecule has 0 unspecified atom stereocenters. The Balaban J connectivity index is 1.66. The molecule has 3 aromatic carbocycles. The molecule has 1 amide bonds. The lowest BCUT2D eigenvalue weighted by molar-refractivity contribution is 0.0974. The molecule has 10 heteroatoms. The zero-order valence-electron chi connectivity index (χ0n) is 19.0. The van der Waals surface area contributed by atoms with Crippen molar-refractivity contribution in [3.05, 3.63) is 77.4 Å². The molecule has 7 nitrogen and oxygen atoms in total. The zero-order valence-corrected chi connectivity index (χ0v) is 20.6. The third-order valence-corrected chi connectivity index (χ3v) is 6.56. The van der Waals surface area contributed by atoms with Crippen LogP contribution in [0.3, 0.4) is 0 Å². The van der Waals surface area contributed by atoms with Crippen molar-refractivity contribution in [3.8, 4) is 5.75 Å². The van der Waals surface area contributed by atoms with Gasteiger partial charge in [-0.05, 0) is 86.6 Å². The van der Waals surface area contributed by atoms with Crippen LogP contribution in [0.2, 0.25) is 0 Å². The van der Waals surface area contributed by atoms with Crippen molar-refractivity contribution in [1.82, 2.24) is 5.32 Å². The zero-order chi connectivity index (χ0) is 24.9. The summed E-state index contributed by atoms with van der Waals surface area (Å²) in [6, 6.07) is 16.1. The number of nitrogens with one attached hydrogen (secondary N) is 3. The molecule has 0 heterocycles. The van der Waals surface area contributed by atoms with Gasteiger partial charge in [0.1, 0.15) is 13.6 Å². The number of thiocarbonyl (C=S) groups is 1. The van der Waals surface area contributed by atoms with Gasteiger partial charge in [-0.15, -0.1) is 0 Å².